The standard InChI is InChI=1S/C15H13ClF2S2/c1-8-4-10(12(18)6-11(8)17)15(16)14-5-9-7-19-3-2-13(9)20-14/h4-6,15H,2-3,7H2,1H3. The van der Waals surface area contributed by atoms with Crippen LogP contribution in [0.3, 0.4) is 0 Å². The van der Waals surface area contributed by atoms with E-state index in [9.17, 15) is 8.78 Å². The molecule has 5 heteroatoms. The first kappa shape index (κ1) is 14.4. The van der Waals surface area contributed by atoms with E-state index in [0.717, 1.165) is 28.9 Å². The van der Waals surface area contributed by atoms with Gasteiger partial charge in [-0.2, -0.15) is 11.8 Å². The molecule has 0 saturated carbocycles. The molecule has 1 aromatic carbocycles. The van der Waals surface area contributed by atoms with Crippen LogP contribution in [0.4, 0.5) is 8.78 Å². The van der Waals surface area contributed by atoms with Gasteiger partial charge in [-0.05, 0) is 42.4 Å². The maximum atomic E-state index is 13.9. The summed E-state index contributed by atoms with van der Waals surface area (Å²) >= 11 is 9.98. The van der Waals surface area contributed by atoms with Crippen molar-refractivity contribution >= 4 is 34.7 Å². The van der Waals surface area contributed by atoms with Crippen molar-refractivity contribution in [3.63, 3.8) is 0 Å². The van der Waals surface area contributed by atoms with Gasteiger partial charge in [0.1, 0.15) is 11.6 Å². The highest BCUT2D eigenvalue weighted by Crippen LogP contribution is 2.40. The summed E-state index contributed by atoms with van der Waals surface area (Å²) in [5, 5.41) is -0.546. The molecule has 0 radical (unpaired) electrons. The van der Waals surface area contributed by atoms with Gasteiger partial charge in [0.25, 0.3) is 0 Å². The summed E-state index contributed by atoms with van der Waals surface area (Å²) in [5.74, 6) is 1.02. The van der Waals surface area contributed by atoms with Gasteiger partial charge < -0.3 is 0 Å². The second kappa shape index (κ2) is 5.66. The van der Waals surface area contributed by atoms with Gasteiger partial charge in [-0.15, -0.1) is 22.9 Å². The molecule has 1 aliphatic rings. The maximum Gasteiger partial charge on any atom is 0.131 e. The maximum absolute atomic E-state index is 13.9. The monoisotopic (exact) mass is 330 g/mol. The molecule has 1 unspecified atom stereocenters. The zero-order chi connectivity index (χ0) is 14.3. The number of hydrogen-bond acceptors (Lipinski definition) is 2. The Morgan fingerprint density at radius 1 is 1.20 bits per heavy atom. The number of rotatable bonds is 2. The first-order valence-electron chi connectivity index (χ1n) is 6.35. The molecule has 0 bridgehead atoms. The second-order valence-corrected chi connectivity index (χ2v) is 7.60. The van der Waals surface area contributed by atoms with Gasteiger partial charge in [0.2, 0.25) is 0 Å². The van der Waals surface area contributed by atoms with Crippen LogP contribution >= 0.6 is 34.7 Å². The minimum atomic E-state index is -0.575. The first-order valence-corrected chi connectivity index (χ1v) is 8.76. The van der Waals surface area contributed by atoms with E-state index in [1.54, 1.807) is 18.3 Å². The quantitative estimate of drug-likeness (QED) is 0.659. The van der Waals surface area contributed by atoms with E-state index in [4.69, 9.17) is 11.6 Å². The summed E-state index contributed by atoms with van der Waals surface area (Å²) in [6.45, 7) is 1.62. The van der Waals surface area contributed by atoms with E-state index in [0.29, 0.717) is 11.1 Å². The van der Waals surface area contributed by atoms with Gasteiger partial charge in [0.05, 0.1) is 5.38 Å². The van der Waals surface area contributed by atoms with E-state index in [-0.39, 0.29) is 0 Å². The van der Waals surface area contributed by atoms with E-state index in [1.165, 1.54) is 16.5 Å². The van der Waals surface area contributed by atoms with Crippen LogP contribution < -0.4 is 0 Å². The molecule has 2 aromatic rings. The van der Waals surface area contributed by atoms with Crippen molar-refractivity contribution in [2.45, 2.75) is 24.5 Å². The highest BCUT2D eigenvalue weighted by molar-refractivity contribution is 7.98. The Kier molecular flexibility index (Phi) is 4.07. The Hall–Kier alpha value is -0.580. The minimum Gasteiger partial charge on any atom is -0.207 e. The smallest absolute Gasteiger partial charge is 0.131 e. The third-order valence-corrected chi connectivity index (χ3v) is 6.36. The number of benzene rings is 1. The molecular weight excluding hydrogens is 318 g/mol. The molecule has 0 aliphatic carbocycles. The van der Waals surface area contributed by atoms with Crippen LogP contribution in [0.25, 0.3) is 0 Å². The molecule has 2 heterocycles. The van der Waals surface area contributed by atoms with Crippen LogP contribution in [0, 0.1) is 18.6 Å². The van der Waals surface area contributed by atoms with Gasteiger partial charge in [0, 0.05) is 27.1 Å². The molecule has 1 aliphatic heterocycles. The Morgan fingerprint density at radius 3 is 2.75 bits per heavy atom. The summed E-state index contributed by atoms with van der Waals surface area (Å²) in [7, 11) is 0. The zero-order valence-electron chi connectivity index (χ0n) is 10.9. The van der Waals surface area contributed by atoms with Crippen LogP contribution in [0.5, 0.6) is 0 Å². The summed E-state index contributed by atoms with van der Waals surface area (Å²) < 4.78 is 27.3. The molecule has 20 heavy (non-hydrogen) atoms. The van der Waals surface area contributed by atoms with Crippen LogP contribution in [0.2, 0.25) is 0 Å². The topological polar surface area (TPSA) is 0 Å². The van der Waals surface area contributed by atoms with Crippen LogP contribution in [-0.2, 0) is 12.2 Å². The van der Waals surface area contributed by atoms with Crippen molar-refractivity contribution < 1.29 is 8.78 Å². The summed E-state index contributed by atoms with van der Waals surface area (Å²) in [6, 6.07) is 4.50. The molecule has 0 spiro atoms. The van der Waals surface area contributed by atoms with Crippen molar-refractivity contribution in [2.24, 2.45) is 0 Å². The largest absolute Gasteiger partial charge is 0.207 e. The number of hydrogen-bond donors (Lipinski definition) is 0. The van der Waals surface area contributed by atoms with Crippen molar-refractivity contribution in [2.75, 3.05) is 5.75 Å². The molecule has 106 valence electrons. The predicted molar refractivity (Wildman–Crippen MR) is 83.0 cm³/mol. The molecule has 0 N–H and O–H groups in total. The Morgan fingerprint density at radius 2 is 2.00 bits per heavy atom. The molecule has 3 rings (SSSR count). The number of thiophene rings is 1. The average Bonchev–Trinajstić information content (AvgIpc) is 2.86. The fourth-order valence-electron chi connectivity index (χ4n) is 2.32. The molecule has 1 aromatic heterocycles. The molecule has 0 fully saturated rings. The highest BCUT2D eigenvalue weighted by Gasteiger charge is 2.22. The Bertz CT molecular complexity index is 628. The number of halogens is 3. The van der Waals surface area contributed by atoms with Crippen molar-refractivity contribution in [3.05, 3.63) is 56.3 Å². The molecule has 1 atom stereocenters. The minimum absolute atomic E-state index is 0.358. The molecular formula is C15H13ClF2S2. The molecule has 0 nitrogen and oxygen atoms in total. The normalized spacial score (nSPS) is 16.0. The number of thioether (sulfide) groups is 1. The molecule has 0 saturated heterocycles. The Labute approximate surface area is 130 Å². The zero-order valence-corrected chi connectivity index (χ0v) is 13.3. The van der Waals surface area contributed by atoms with Crippen molar-refractivity contribution in [1.82, 2.24) is 0 Å². The number of alkyl halides is 1. The van der Waals surface area contributed by atoms with Gasteiger partial charge >= 0.3 is 0 Å². The lowest BCUT2D eigenvalue weighted by Crippen LogP contribution is -1.98. The third-order valence-electron chi connectivity index (χ3n) is 3.45. The van der Waals surface area contributed by atoms with Crippen LogP contribution in [-0.4, -0.2) is 5.75 Å². The van der Waals surface area contributed by atoms with E-state index >= 15 is 0 Å². The highest BCUT2D eigenvalue weighted by atomic mass is 35.5. The second-order valence-electron chi connectivity index (χ2n) is 4.89. The summed E-state index contributed by atoms with van der Waals surface area (Å²) in [4.78, 5) is 2.30. The van der Waals surface area contributed by atoms with E-state index < -0.39 is 17.0 Å². The van der Waals surface area contributed by atoms with Crippen molar-refractivity contribution in [1.29, 1.82) is 0 Å². The fraction of sp³-hybridized carbons (Fsp3) is 0.333. The third kappa shape index (κ3) is 2.61. The number of fused-ring (bicyclic) bond motifs is 1. The lowest BCUT2D eigenvalue weighted by atomic mass is 10.1. The fourth-order valence-corrected chi connectivity index (χ4v) is 5.06. The van der Waals surface area contributed by atoms with Crippen LogP contribution in [0.15, 0.2) is 18.2 Å². The van der Waals surface area contributed by atoms with E-state index in [1.807, 2.05) is 11.8 Å². The van der Waals surface area contributed by atoms with Gasteiger partial charge in [-0.3, -0.25) is 0 Å². The van der Waals surface area contributed by atoms with Gasteiger partial charge in [-0.1, -0.05) is 0 Å². The SMILES string of the molecule is Cc1cc(C(Cl)c2cc3c(s2)CCSC3)c(F)cc1F. The predicted octanol–water partition coefficient (Wildman–Crippen LogP) is 5.45. The average molecular weight is 331 g/mol. The summed E-state index contributed by atoms with van der Waals surface area (Å²) in [5.41, 5.74) is 2.09. The lowest BCUT2D eigenvalue weighted by Gasteiger charge is -2.10. The lowest BCUT2D eigenvalue weighted by molar-refractivity contribution is 0.568. The first-order chi connectivity index (χ1) is 9.56. The Balaban J connectivity index is 1.98. The van der Waals surface area contributed by atoms with Gasteiger partial charge in [-0.25, -0.2) is 8.78 Å². The number of aryl methyl sites for hydroxylation is 2. The van der Waals surface area contributed by atoms with Crippen molar-refractivity contribution in [3.8, 4) is 0 Å². The van der Waals surface area contributed by atoms with Crippen LogP contribution in [0.1, 0.15) is 31.8 Å². The van der Waals surface area contributed by atoms with Gasteiger partial charge in [0.15, 0.2) is 0 Å². The molecule has 0 amide bonds. The van der Waals surface area contributed by atoms with E-state index in [2.05, 4.69) is 6.07 Å². The summed E-state index contributed by atoms with van der Waals surface area (Å²) in [6.07, 6.45) is 1.05.